The van der Waals surface area contributed by atoms with Gasteiger partial charge in [0.1, 0.15) is 5.75 Å². The van der Waals surface area contributed by atoms with Crippen molar-refractivity contribution in [3.8, 4) is 5.75 Å². The van der Waals surface area contributed by atoms with Gasteiger partial charge < -0.3 is 15.9 Å². The van der Waals surface area contributed by atoms with Crippen molar-refractivity contribution >= 4 is 29.0 Å². The second-order valence-electron chi connectivity index (χ2n) is 11.8. The highest BCUT2D eigenvalue weighted by Gasteiger charge is 2.69. The molecule has 0 bridgehead atoms. The van der Waals surface area contributed by atoms with E-state index < -0.39 is 64.4 Å². The zero-order valence-corrected chi connectivity index (χ0v) is 22.1. The number of hydrogen-bond acceptors (Lipinski definition) is 9. The number of primary amides is 1. The number of carbonyl (C=O) groups is 5. The van der Waals surface area contributed by atoms with Crippen molar-refractivity contribution in [1.82, 2.24) is 9.80 Å². The van der Waals surface area contributed by atoms with Crippen LogP contribution in [0.3, 0.4) is 0 Å². The summed E-state index contributed by atoms with van der Waals surface area (Å²) < 4.78 is 0. The number of Topliss-reactive ketones (excluding diaryl/α,β-unsaturated/α-hetero) is 4. The summed E-state index contributed by atoms with van der Waals surface area (Å²) in [5, 5.41) is 22.4. The van der Waals surface area contributed by atoms with Crippen LogP contribution < -0.4 is 5.73 Å². The molecule has 1 aromatic rings. The predicted octanol–water partition coefficient (Wildman–Crippen LogP) is 0.240. The zero-order chi connectivity index (χ0) is 27.8. The van der Waals surface area contributed by atoms with E-state index >= 15 is 0 Å². The van der Waals surface area contributed by atoms with E-state index in [1.807, 2.05) is 6.07 Å². The average Bonchev–Trinajstić information content (AvgIpc) is 3.14. The highest BCUT2D eigenvalue weighted by atomic mass is 16.3. The zero-order valence-electron chi connectivity index (χ0n) is 22.1. The van der Waals surface area contributed by atoms with Crippen molar-refractivity contribution in [3.05, 3.63) is 28.8 Å². The van der Waals surface area contributed by atoms with Gasteiger partial charge in [-0.25, -0.2) is 0 Å². The molecule has 0 aromatic heterocycles. The minimum atomic E-state index is -2.70. The monoisotopic (exact) mass is 525 g/mol. The Morgan fingerprint density at radius 2 is 1.74 bits per heavy atom. The molecule has 5 rings (SSSR count). The van der Waals surface area contributed by atoms with Crippen LogP contribution in [0.5, 0.6) is 5.75 Å². The largest absolute Gasteiger partial charge is 0.507 e. The molecule has 2 unspecified atom stereocenters. The molecule has 38 heavy (non-hydrogen) atoms. The Bertz CT molecular complexity index is 1250. The van der Waals surface area contributed by atoms with E-state index in [0.717, 1.165) is 18.4 Å². The van der Waals surface area contributed by atoms with Crippen molar-refractivity contribution < 1.29 is 34.2 Å². The number of carbonyl (C=O) groups excluding carboxylic acids is 5. The van der Waals surface area contributed by atoms with E-state index in [-0.39, 0.29) is 24.2 Å². The van der Waals surface area contributed by atoms with Crippen molar-refractivity contribution in [2.24, 2.45) is 29.4 Å². The fraction of sp³-hybridized carbons (Fsp3) is 0.607. The number of phenols is 1. The predicted molar refractivity (Wildman–Crippen MR) is 135 cm³/mol. The fourth-order valence-electron chi connectivity index (χ4n) is 7.57. The summed E-state index contributed by atoms with van der Waals surface area (Å²) in [7, 11) is 3.15. The lowest BCUT2D eigenvalue weighted by Crippen LogP contribution is -2.74. The Balaban J connectivity index is 1.59. The highest BCUT2D eigenvalue weighted by Crippen LogP contribution is 2.51. The SMILES string of the molecule is C[C@@H]1CC[C@@H](C)N1Cc1ccc(O)c2c1C[C@H]1C[C@H]3[C@H](N(C)C)C(=O)C(C(N)=O)C(=O)[C@@]3(O)C(=O)C1C2=O. The molecule has 8 atom stereocenters. The number of fused-ring (bicyclic) bond motifs is 3. The van der Waals surface area contributed by atoms with Gasteiger partial charge in [-0.15, -0.1) is 0 Å². The molecular formula is C28H35N3O7. The van der Waals surface area contributed by atoms with Crippen molar-refractivity contribution in [2.45, 2.75) is 69.8 Å². The van der Waals surface area contributed by atoms with Crippen molar-refractivity contribution in [1.29, 1.82) is 0 Å². The quantitative estimate of drug-likeness (QED) is 0.468. The number of phenolic OH excluding ortho intramolecular Hbond substituents is 1. The van der Waals surface area contributed by atoms with Gasteiger partial charge in [-0.05, 0) is 76.7 Å². The molecule has 0 spiro atoms. The Morgan fingerprint density at radius 3 is 2.32 bits per heavy atom. The third-order valence-electron chi connectivity index (χ3n) is 9.53. The van der Waals surface area contributed by atoms with Crippen LogP contribution in [-0.2, 0) is 32.1 Å². The molecule has 1 aliphatic heterocycles. The summed E-state index contributed by atoms with van der Waals surface area (Å²) in [6.07, 6.45) is 2.47. The maximum atomic E-state index is 13.9. The molecule has 3 fully saturated rings. The van der Waals surface area contributed by atoms with Gasteiger partial charge >= 0.3 is 0 Å². The number of rotatable bonds is 4. The van der Waals surface area contributed by atoms with E-state index in [2.05, 4.69) is 18.7 Å². The molecule has 204 valence electrons. The van der Waals surface area contributed by atoms with Gasteiger partial charge in [0, 0.05) is 24.5 Å². The molecule has 2 saturated carbocycles. The number of ketones is 4. The molecule has 1 saturated heterocycles. The number of aliphatic hydroxyl groups is 1. The second kappa shape index (κ2) is 9.07. The smallest absolute Gasteiger partial charge is 0.235 e. The lowest BCUT2D eigenvalue weighted by molar-refractivity contribution is -0.181. The first-order valence-electron chi connectivity index (χ1n) is 13.2. The molecule has 4 N–H and O–H groups in total. The van der Waals surface area contributed by atoms with Crippen LogP contribution >= 0.6 is 0 Å². The van der Waals surface area contributed by atoms with Crippen LogP contribution in [0.1, 0.15) is 54.6 Å². The number of aromatic hydroxyl groups is 1. The third kappa shape index (κ3) is 3.60. The third-order valence-corrected chi connectivity index (χ3v) is 9.53. The van der Waals surface area contributed by atoms with Crippen molar-refractivity contribution in [2.75, 3.05) is 14.1 Å². The first-order chi connectivity index (χ1) is 17.8. The van der Waals surface area contributed by atoms with Crippen LogP contribution in [0.4, 0.5) is 0 Å². The highest BCUT2D eigenvalue weighted by molar-refractivity contribution is 6.32. The Labute approximate surface area is 221 Å². The van der Waals surface area contributed by atoms with Gasteiger partial charge in [-0.1, -0.05) is 6.07 Å². The van der Waals surface area contributed by atoms with Crippen LogP contribution in [0.2, 0.25) is 0 Å². The molecule has 3 aliphatic carbocycles. The molecule has 10 nitrogen and oxygen atoms in total. The topological polar surface area (TPSA) is 158 Å². The van der Waals surface area contributed by atoms with Gasteiger partial charge in [-0.2, -0.15) is 0 Å². The molecule has 1 aromatic carbocycles. The Kier molecular flexibility index (Phi) is 6.36. The number of hydrogen-bond donors (Lipinski definition) is 3. The van der Waals surface area contributed by atoms with Gasteiger partial charge in [0.05, 0.1) is 17.5 Å². The summed E-state index contributed by atoms with van der Waals surface area (Å²) in [6.45, 7) is 4.92. The number of benzene rings is 1. The maximum absolute atomic E-state index is 13.9. The first kappa shape index (κ1) is 26.6. The number of likely N-dealkylation sites (N-methyl/N-ethyl adjacent to an activating group) is 1. The number of nitrogens with two attached hydrogens (primary N) is 1. The Morgan fingerprint density at radius 1 is 1.11 bits per heavy atom. The molecule has 4 aliphatic rings. The van der Waals surface area contributed by atoms with E-state index in [1.54, 1.807) is 14.1 Å². The van der Waals surface area contributed by atoms with E-state index in [9.17, 15) is 34.2 Å². The van der Waals surface area contributed by atoms with Gasteiger partial charge in [-0.3, -0.25) is 33.8 Å². The average molecular weight is 526 g/mol. The summed E-state index contributed by atoms with van der Waals surface area (Å²) >= 11 is 0. The summed E-state index contributed by atoms with van der Waals surface area (Å²) in [5.41, 5.74) is 4.27. The summed E-state index contributed by atoms with van der Waals surface area (Å²) in [5.74, 6) is -10.2. The van der Waals surface area contributed by atoms with Crippen LogP contribution in [0, 0.1) is 23.7 Å². The van der Waals surface area contributed by atoms with Crippen LogP contribution in [0.25, 0.3) is 0 Å². The standard InChI is InChI=1S/C28H35N3O7/c1-12-5-6-13(2)31(12)11-14-7-8-18(32)20-16(14)9-15-10-17-22(30(3)4)24(34)21(27(29)37)26(36)28(17,38)25(35)19(15)23(20)33/h7-8,12-13,15,17,19,21-22,32,38H,5-6,9-11H2,1-4H3,(H2,29,37)/t12-,13-,15+,17+,19?,21?,22+,28+/m1/s1. The number of likely N-dealkylation sites (tertiary alicyclic amines) is 1. The fourth-order valence-corrected chi connectivity index (χ4v) is 7.57. The maximum Gasteiger partial charge on any atom is 0.235 e. The van der Waals surface area contributed by atoms with Gasteiger partial charge in [0.25, 0.3) is 0 Å². The Hall–Kier alpha value is -2.95. The van der Waals surface area contributed by atoms with E-state index in [1.165, 1.54) is 11.0 Å². The summed E-state index contributed by atoms with van der Waals surface area (Å²) in [4.78, 5) is 70.2. The molecule has 0 radical (unpaired) electrons. The van der Waals surface area contributed by atoms with Gasteiger partial charge in [0.15, 0.2) is 34.7 Å². The minimum absolute atomic E-state index is 0.0496. The second-order valence-corrected chi connectivity index (χ2v) is 11.8. The van der Waals surface area contributed by atoms with E-state index in [0.29, 0.717) is 24.2 Å². The molecular weight excluding hydrogens is 490 g/mol. The minimum Gasteiger partial charge on any atom is -0.507 e. The number of nitrogens with zero attached hydrogens (tertiary/aromatic N) is 2. The van der Waals surface area contributed by atoms with Crippen LogP contribution in [-0.4, -0.2) is 86.9 Å². The lowest BCUT2D eigenvalue weighted by Gasteiger charge is -2.52. The van der Waals surface area contributed by atoms with Crippen LogP contribution in [0.15, 0.2) is 12.1 Å². The van der Waals surface area contributed by atoms with Crippen molar-refractivity contribution in [3.63, 3.8) is 0 Å². The van der Waals surface area contributed by atoms with Gasteiger partial charge in [0.2, 0.25) is 5.91 Å². The molecule has 1 amide bonds. The molecule has 1 heterocycles. The van der Waals surface area contributed by atoms with E-state index in [4.69, 9.17) is 5.73 Å². The first-order valence-corrected chi connectivity index (χ1v) is 13.2. The normalized spacial score (nSPS) is 37.3. The summed E-state index contributed by atoms with van der Waals surface area (Å²) in [6, 6.07) is 2.90. The number of amides is 1. The molecule has 10 heteroatoms. The lowest BCUT2D eigenvalue weighted by atomic mass is 9.52.